The average molecular weight is 409 g/mol. The average Bonchev–Trinajstić information content (AvgIpc) is 2.56. The predicted octanol–water partition coefficient (Wildman–Crippen LogP) is 4.23. The molecule has 0 unspecified atom stereocenters. The fourth-order valence-corrected chi connectivity index (χ4v) is 2.73. The highest BCUT2D eigenvalue weighted by molar-refractivity contribution is 14.1. The monoisotopic (exact) mass is 409 g/mol. The van der Waals surface area contributed by atoms with Crippen molar-refractivity contribution in [3.63, 3.8) is 0 Å². The molecule has 0 fully saturated rings. The van der Waals surface area contributed by atoms with Crippen molar-refractivity contribution in [2.24, 2.45) is 0 Å². The van der Waals surface area contributed by atoms with Crippen LogP contribution < -0.4 is 0 Å². The molecule has 2 aromatic rings. The zero-order chi connectivity index (χ0) is 16.1. The van der Waals surface area contributed by atoms with Crippen molar-refractivity contribution < 1.29 is 14.5 Å². The molecule has 0 bridgehead atoms. The first-order chi connectivity index (χ1) is 10.5. The molecule has 0 saturated heterocycles. The van der Waals surface area contributed by atoms with Crippen LogP contribution in [0.3, 0.4) is 0 Å². The van der Waals surface area contributed by atoms with E-state index in [-0.39, 0.29) is 11.5 Å². The third kappa shape index (κ3) is 3.51. The smallest absolute Gasteiger partial charge is 0.269 e. The second-order valence-electron chi connectivity index (χ2n) is 4.35. The maximum atomic E-state index is 12.5. The SMILES string of the molecule is CO/C(=C(\I)C(=O)c1ccc([N+](=O)[O-])cc1)c1ccccc1. The van der Waals surface area contributed by atoms with E-state index in [1.807, 2.05) is 52.9 Å². The molecule has 0 aromatic heterocycles. The van der Waals surface area contributed by atoms with Gasteiger partial charge in [-0.05, 0) is 34.7 Å². The van der Waals surface area contributed by atoms with Crippen LogP contribution in [0.2, 0.25) is 0 Å². The van der Waals surface area contributed by atoms with Crippen LogP contribution in [0.15, 0.2) is 58.2 Å². The van der Waals surface area contributed by atoms with Gasteiger partial charge in [-0.15, -0.1) is 0 Å². The van der Waals surface area contributed by atoms with Crippen molar-refractivity contribution in [1.82, 2.24) is 0 Å². The van der Waals surface area contributed by atoms with Gasteiger partial charge in [0.2, 0.25) is 5.78 Å². The molecule has 6 heteroatoms. The standard InChI is InChI=1S/C16H12INO4/c1-22-16(12-5-3-2-4-6-12)14(17)15(19)11-7-9-13(10-8-11)18(20)21/h2-10H,1H3/b16-14-. The Balaban J connectivity index is 2.38. The van der Waals surface area contributed by atoms with Gasteiger partial charge in [0.15, 0.2) is 0 Å². The molecule has 0 aliphatic carbocycles. The van der Waals surface area contributed by atoms with Crippen molar-refractivity contribution in [2.45, 2.75) is 0 Å². The third-order valence-electron chi connectivity index (χ3n) is 2.98. The van der Waals surface area contributed by atoms with Crippen molar-refractivity contribution in [1.29, 1.82) is 0 Å². The highest BCUT2D eigenvalue weighted by Crippen LogP contribution is 2.27. The molecule has 112 valence electrons. The van der Waals surface area contributed by atoms with Crippen LogP contribution in [-0.4, -0.2) is 17.8 Å². The molecule has 5 nitrogen and oxygen atoms in total. The Labute approximate surface area is 140 Å². The van der Waals surface area contributed by atoms with E-state index in [1.165, 1.54) is 31.4 Å². The van der Waals surface area contributed by atoms with Crippen LogP contribution in [0.4, 0.5) is 5.69 Å². The van der Waals surface area contributed by atoms with Gasteiger partial charge in [0.1, 0.15) is 9.34 Å². The number of carbonyl (C=O) groups is 1. The maximum absolute atomic E-state index is 12.5. The van der Waals surface area contributed by atoms with Gasteiger partial charge in [-0.1, -0.05) is 30.3 Å². The lowest BCUT2D eigenvalue weighted by atomic mass is 10.1. The Morgan fingerprint density at radius 1 is 1.05 bits per heavy atom. The molecule has 22 heavy (non-hydrogen) atoms. The van der Waals surface area contributed by atoms with Gasteiger partial charge < -0.3 is 4.74 Å². The molecule has 0 heterocycles. The molecule has 0 atom stereocenters. The largest absolute Gasteiger partial charge is 0.495 e. The van der Waals surface area contributed by atoms with Crippen LogP contribution in [0.25, 0.3) is 5.76 Å². The summed E-state index contributed by atoms with van der Waals surface area (Å²) in [6.07, 6.45) is 0. The molecule has 2 aromatic carbocycles. The third-order valence-corrected chi connectivity index (χ3v) is 3.96. The number of allylic oxidation sites excluding steroid dienone is 1. The second kappa shape index (κ2) is 7.17. The molecule has 2 rings (SSSR count). The van der Waals surface area contributed by atoms with Crippen LogP contribution in [0, 0.1) is 10.1 Å². The van der Waals surface area contributed by atoms with E-state index >= 15 is 0 Å². The van der Waals surface area contributed by atoms with E-state index < -0.39 is 4.92 Å². The number of benzene rings is 2. The number of Topliss-reactive ketones (excluding diaryl/α,β-unsaturated/α-hetero) is 1. The quantitative estimate of drug-likeness (QED) is 0.185. The molecule has 0 radical (unpaired) electrons. The van der Waals surface area contributed by atoms with E-state index in [0.29, 0.717) is 14.9 Å². The van der Waals surface area contributed by atoms with Gasteiger partial charge in [-0.3, -0.25) is 14.9 Å². The number of halogens is 1. The van der Waals surface area contributed by atoms with E-state index in [9.17, 15) is 14.9 Å². The highest BCUT2D eigenvalue weighted by atomic mass is 127. The van der Waals surface area contributed by atoms with E-state index in [4.69, 9.17) is 4.74 Å². The fraction of sp³-hybridized carbons (Fsp3) is 0.0625. The summed E-state index contributed by atoms with van der Waals surface area (Å²) in [5.41, 5.74) is 1.12. The predicted molar refractivity (Wildman–Crippen MR) is 91.8 cm³/mol. The number of hydrogen-bond donors (Lipinski definition) is 0. The van der Waals surface area contributed by atoms with Crippen LogP contribution in [-0.2, 0) is 4.74 Å². The first kappa shape index (κ1) is 16.2. The molecule has 0 saturated carbocycles. The Kier molecular flexibility index (Phi) is 5.26. The number of rotatable bonds is 5. The summed E-state index contributed by atoms with van der Waals surface area (Å²) in [4.78, 5) is 22.6. The van der Waals surface area contributed by atoms with Crippen molar-refractivity contribution in [3.8, 4) is 0 Å². The Morgan fingerprint density at radius 2 is 1.64 bits per heavy atom. The van der Waals surface area contributed by atoms with Gasteiger partial charge in [0.05, 0.1) is 12.0 Å². The van der Waals surface area contributed by atoms with Crippen LogP contribution in [0.5, 0.6) is 0 Å². The van der Waals surface area contributed by atoms with Gasteiger partial charge in [0.25, 0.3) is 5.69 Å². The number of nitrogens with zero attached hydrogens (tertiary/aromatic N) is 1. The minimum Gasteiger partial charge on any atom is -0.495 e. The van der Waals surface area contributed by atoms with Gasteiger partial charge >= 0.3 is 0 Å². The summed E-state index contributed by atoms with van der Waals surface area (Å²) in [7, 11) is 1.50. The van der Waals surface area contributed by atoms with E-state index in [1.54, 1.807) is 0 Å². The summed E-state index contributed by atoms with van der Waals surface area (Å²) in [6, 6.07) is 14.8. The lowest BCUT2D eigenvalue weighted by Gasteiger charge is -2.09. The number of carbonyl (C=O) groups excluding carboxylic acids is 1. The molecule has 0 amide bonds. The minimum atomic E-state index is -0.500. The normalized spacial score (nSPS) is 11.5. The van der Waals surface area contributed by atoms with E-state index in [0.717, 1.165) is 5.56 Å². The zero-order valence-electron chi connectivity index (χ0n) is 11.7. The number of nitro groups is 1. The highest BCUT2D eigenvalue weighted by Gasteiger charge is 2.18. The molecule has 0 N–H and O–H groups in total. The number of nitro benzene ring substituents is 1. The molecule has 0 spiro atoms. The maximum Gasteiger partial charge on any atom is 0.269 e. The number of ketones is 1. The van der Waals surface area contributed by atoms with Crippen molar-refractivity contribution >= 4 is 39.8 Å². The molecular weight excluding hydrogens is 397 g/mol. The zero-order valence-corrected chi connectivity index (χ0v) is 13.8. The summed E-state index contributed by atoms with van der Waals surface area (Å²) >= 11 is 1.93. The Morgan fingerprint density at radius 3 is 2.14 bits per heavy atom. The van der Waals surface area contributed by atoms with Gasteiger partial charge in [-0.2, -0.15) is 0 Å². The van der Waals surface area contributed by atoms with Gasteiger partial charge in [0, 0.05) is 23.3 Å². The minimum absolute atomic E-state index is 0.0504. The fourth-order valence-electron chi connectivity index (χ4n) is 1.89. The van der Waals surface area contributed by atoms with Gasteiger partial charge in [-0.25, -0.2) is 0 Å². The topological polar surface area (TPSA) is 69.4 Å². The Bertz CT molecular complexity index is 724. The number of methoxy groups -OCH3 is 1. The summed E-state index contributed by atoms with van der Waals surface area (Å²) < 4.78 is 5.76. The lowest BCUT2D eigenvalue weighted by Crippen LogP contribution is -2.03. The number of non-ortho nitro benzene ring substituents is 1. The molecular formula is C16H12INO4. The van der Waals surface area contributed by atoms with E-state index in [2.05, 4.69) is 0 Å². The lowest BCUT2D eigenvalue weighted by molar-refractivity contribution is -0.384. The first-order valence-electron chi connectivity index (χ1n) is 6.33. The molecule has 0 aliphatic heterocycles. The summed E-state index contributed by atoms with van der Waals surface area (Å²) in [5, 5.41) is 10.6. The van der Waals surface area contributed by atoms with Crippen molar-refractivity contribution in [2.75, 3.05) is 7.11 Å². The molecule has 0 aliphatic rings. The van der Waals surface area contributed by atoms with Crippen molar-refractivity contribution in [3.05, 3.63) is 79.4 Å². The second-order valence-corrected chi connectivity index (χ2v) is 5.43. The van der Waals surface area contributed by atoms with Crippen LogP contribution in [0.1, 0.15) is 15.9 Å². The summed E-state index contributed by atoms with van der Waals surface area (Å²) in [5.74, 6) is 0.237. The first-order valence-corrected chi connectivity index (χ1v) is 7.41. The van der Waals surface area contributed by atoms with Crippen LogP contribution >= 0.6 is 22.6 Å². The summed E-state index contributed by atoms with van der Waals surface area (Å²) in [6.45, 7) is 0. The number of ether oxygens (including phenoxy) is 1. The Hall–Kier alpha value is -2.22. The number of hydrogen-bond acceptors (Lipinski definition) is 4.